The standard InChI is InChI=1S/C30H30FN7O4/c31-24-11-19(13-32)1-2-21(24)18-42-29-15-33-14-27(36-29)34-22-5-8-37(9-6-22)17-28-35-25-4-3-20(30(39)40)12-26(25)38(28)16-23-7-10-41-23/h1-4,11-12,14-15,22-23H,5-10,16-18H2,(H,34,36)(H,39,40)/t23-/m0/s1. The Bertz CT molecular complexity index is 1640. The highest BCUT2D eigenvalue weighted by Crippen LogP contribution is 2.25. The highest BCUT2D eigenvalue weighted by atomic mass is 19.1. The maximum absolute atomic E-state index is 14.2. The molecule has 2 fully saturated rings. The predicted octanol–water partition coefficient (Wildman–Crippen LogP) is 3.98. The van der Waals surface area contributed by atoms with Crippen molar-refractivity contribution in [3.63, 3.8) is 0 Å². The number of carboxylic acids is 1. The number of ether oxygens (including phenoxy) is 2. The Hall–Kier alpha value is -4.60. The summed E-state index contributed by atoms with van der Waals surface area (Å²) in [6.07, 6.45) is 5.99. The van der Waals surface area contributed by atoms with Crippen molar-refractivity contribution >= 4 is 22.8 Å². The number of anilines is 1. The Kier molecular flexibility index (Phi) is 7.94. The molecule has 1 atom stereocenters. The van der Waals surface area contributed by atoms with Crippen molar-refractivity contribution in [3.8, 4) is 11.9 Å². The molecule has 2 aliphatic rings. The second kappa shape index (κ2) is 12.1. The molecule has 4 aromatic rings. The minimum absolute atomic E-state index is 0.0245. The van der Waals surface area contributed by atoms with Crippen LogP contribution in [0.5, 0.6) is 5.88 Å². The SMILES string of the molecule is N#Cc1ccc(COc2cncc(NC3CCN(Cc4nc5ccc(C(=O)O)cc5n4C[C@@H]4CCO4)CC3)n2)c(F)c1. The molecule has 0 radical (unpaired) electrons. The molecule has 0 amide bonds. The Morgan fingerprint density at radius 1 is 1.17 bits per heavy atom. The molecule has 0 saturated carbocycles. The van der Waals surface area contributed by atoms with Gasteiger partial charge in [-0.05, 0) is 49.6 Å². The lowest BCUT2D eigenvalue weighted by atomic mass is 10.1. The number of carboxylic acid groups (broad SMARTS) is 1. The molecular formula is C30H30FN7O4. The lowest BCUT2D eigenvalue weighted by Crippen LogP contribution is -2.39. The average Bonchev–Trinajstić information content (AvgIpc) is 3.31. The van der Waals surface area contributed by atoms with Crippen molar-refractivity contribution in [2.75, 3.05) is 25.0 Å². The zero-order valence-corrected chi connectivity index (χ0v) is 22.9. The number of hydrogen-bond donors (Lipinski definition) is 2. The number of halogens is 1. The number of nitriles is 1. The maximum atomic E-state index is 14.2. The van der Waals surface area contributed by atoms with E-state index in [0.717, 1.165) is 55.8 Å². The molecule has 2 aromatic heterocycles. The summed E-state index contributed by atoms with van der Waals surface area (Å²) in [6.45, 7) is 3.74. The van der Waals surface area contributed by atoms with Gasteiger partial charge in [0.1, 0.15) is 24.1 Å². The van der Waals surface area contributed by atoms with Crippen molar-refractivity contribution in [3.05, 3.63) is 77.1 Å². The van der Waals surface area contributed by atoms with Crippen LogP contribution in [0.2, 0.25) is 0 Å². The number of carbonyl (C=O) groups is 1. The summed E-state index contributed by atoms with van der Waals surface area (Å²) < 4.78 is 27.6. The average molecular weight is 572 g/mol. The molecule has 0 aliphatic carbocycles. The third-order valence-electron chi connectivity index (χ3n) is 7.73. The van der Waals surface area contributed by atoms with Crippen LogP contribution in [0.15, 0.2) is 48.8 Å². The molecule has 12 heteroatoms. The van der Waals surface area contributed by atoms with Crippen molar-refractivity contribution in [2.24, 2.45) is 0 Å². The maximum Gasteiger partial charge on any atom is 0.335 e. The quantitative estimate of drug-likeness (QED) is 0.287. The fourth-order valence-electron chi connectivity index (χ4n) is 5.28. The lowest BCUT2D eigenvalue weighted by Gasteiger charge is -2.33. The van der Waals surface area contributed by atoms with E-state index < -0.39 is 11.8 Å². The van der Waals surface area contributed by atoms with Gasteiger partial charge in [0.05, 0.1) is 59.8 Å². The summed E-state index contributed by atoms with van der Waals surface area (Å²) in [5.41, 5.74) is 2.44. The number of nitrogens with zero attached hydrogens (tertiary/aromatic N) is 6. The van der Waals surface area contributed by atoms with E-state index in [1.807, 2.05) is 6.07 Å². The topological polar surface area (TPSA) is 138 Å². The smallest absolute Gasteiger partial charge is 0.335 e. The fourth-order valence-corrected chi connectivity index (χ4v) is 5.28. The van der Waals surface area contributed by atoms with Crippen LogP contribution in [-0.2, 0) is 24.4 Å². The first-order chi connectivity index (χ1) is 20.4. The zero-order valence-electron chi connectivity index (χ0n) is 22.9. The van der Waals surface area contributed by atoms with Gasteiger partial charge >= 0.3 is 5.97 Å². The summed E-state index contributed by atoms with van der Waals surface area (Å²) >= 11 is 0. The molecule has 0 bridgehead atoms. The van der Waals surface area contributed by atoms with Crippen LogP contribution in [0.25, 0.3) is 11.0 Å². The summed E-state index contributed by atoms with van der Waals surface area (Å²) in [6, 6.07) is 11.4. The van der Waals surface area contributed by atoms with E-state index in [4.69, 9.17) is 19.7 Å². The number of aromatic carboxylic acids is 1. The molecule has 0 unspecified atom stereocenters. The molecule has 2 aromatic carbocycles. The van der Waals surface area contributed by atoms with E-state index >= 15 is 0 Å². The van der Waals surface area contributed by atoms with E-state index in [1.54, 1.807) is 30.5 Å². The van der Waals surface area contributed by atoms with Gasteiger partial charge in [-0.3, -0.25) is 9.88 Å². The second-order valence-electron chi connectivity index (χ2n) is 10.6. The number of nitrogens with one attached hydrogen (secondary N) is 1. The van der Waals surface area contributed by atoms with Crippen LogP contribution in [0.4, 0.5) is 10.2 Å². The van der Waals surface area contributed by atoms with E-state index in [1.165, 1.54) is 18.3 Å². The summed E-state index contributed by atoms with van der Waals surface area (Å²) in [5.74, 6) is 0.316. The van der Waals surface area contributed by atoms with Crippen LogP contribution < -0.4 is 10.1 Å². The van der Waals surface area contributed by atoms with Gasteiger partial charge in [0, 0.05) is 31.3 Å². The number of imidazole rings is 1. The molecule has 42 heavy (non-hydrogen) atoms. The van der Waals surface area contributed by atoms with Gasteiger partial charge in [-0.25, -0.2) is 14.2 Å². The Balaban J connectivity index is 1.06. The molecule has 216 valence electrons. The van der Waals surface area contributed by atoms with Crippen molar-refractivity contribution in [1.82, 2.24) is 24.4 Å². The molecule has 4 heterocycles. The predicted molar refractivity (Wildman–Crippen MR) is 150 cm³/mol. The third kappa shape index (κ3) is 6.17. The van der Waals surface area contributed by atoms with Gasteiger partial charge in [-0.1, -0.05) is 6.07 Å². The Labute approximate surface area is 241 Å². The van der Waals surface area contributed by atoms with Gasteiger partial charge in [0.25, 0.3) is 0 Å². The van der Waals surface area contributed by atoms with Crippen LogP contribution in [-0.4, -0.2) is 67.3 Å². The van der Waals surface area contributed by atoms with E-state index in [2.05, 4.69) is 24.8 Å². The number of piperidine rings is 1. The minimum atomic E-state index is -0.956. The van der Waals surface area contributed by atoms with Gasteiger partial charge in [0.2, 0.25) is 5.88 Å². The van der Waals surface area contributed by atoms with E-state index in [0.29, 0.717) is 24.5 Å². The Morgan fingerprint density at radius 2 is 2.00 bits per heavy atom. The first-order valence-corrected chi connectivity index (χ1v) is 13.9. The zero-order chi connectivity index (χ0) is 29.1. The molecule has 2 N–H and O–H groups in total. The van der Waals surface area contributed by atoms with Crippen LogP contribution in [0, 0.1) is 17.1 Å². The van der Waals surface area contributed by atoms with Crippen molar-refractivity contribution in [1.29, 1.82) is 5.26 Å². The first kappa shape index (κ1) is 27.6. The number of hydrogen-bond acceptors (Lipinski definition) is 9. The second-order valence-corrected chi connectivity index (χ2v) is 10.6. The Morgan fingerprint density at radius 3 is 2.71 bits per heavy atom. The summed E-state index contributed by atoms with van der Waals surface area (Å²) in [5, 5.41) is 21.8. The van der Waals surface area contributed by atoms with Gasteiger partial charge in [-0.2, -0.15) is 10.2 Å². The highest BCUT2D eigenvalue weighted by molar-refractivity contribution is 5.92. The number of rotatable bonds is 10. The largest absolute Gasteiger partial charge is 0.478 e. The van der Waals surface area contributed by atoms with Gasteiger partial charge in [0.15, 0.2) is 0 Å². The molecule has 2 saturated heterocycles. The fraction of sp³-hybridized carbons (Fsp3) is 0.367. The normalized spacial score (nSPS) is 17.5. The molecule has 2 aliphatic heterocycles. The third-order valence-corrected chi connectivity index (χ3v) is 7.73. The van der Waals surface area contributed by atoms with Crippen molar-refractivity contribution < 1.29 is 23.8 Å². The summed E-state index contributed by atoms with van der Waals surface area (Å²) in [7, 11) is 0. The van der Waals surface area contributed by atoms with Crippen LogP contribution in [0.1, 0.15) is 46.6 Å². The molecule has 11 nitrogen and oxygen atoms in total. The number of aromatic nitrogens is 4. The first-order valence-electron chi connectivity index (χ1n) is 13.9. The van der Waals surface area contributed by atoms with Gasteiger partial charge < -0.3 is 24.5 Å². The van der Waals surface area contributed by atoms with E-state index in [9.17, 15) is 14.3 Å². The van der Waals surface area contributed by atoms with Gasteiger partial charge in [-0.15, -0.1) is 0 Å². The number of likely N-dealkylation sites (tertiary alicyclic amines) is 1. The van der Waals surface area contributed by atoms with Crippen LogP contribution >= 0.6 is 0 Å². The van der Waals surface area contributed by atoms with E-state index in [-0.39, 0.29) is 35.8 Å². The molecule has 0 spiro atoms. The van der Waals surface area contributed by atoms with Crippen LogP contribution in [0.3, 0.4) is 0 Å². The minimum Gasteiger partial charge on any atom is -0.478 e. The number of fused-ring (bicyclic) bond motifs is 1. The highest BCUT2D eigenvalue weighted by Gasteiger charge is 2.25. The lowest BCUT2D eigenvalue weighted by molar-refractivity contribution is -0.0592. The molecular weight excluding hydrogens is 541 g/mol. The summed E-state index contributed by atoms with van der Waals surface area (Å²) in [4.78, 5) is 27.5. The molecule has 6 rings (SSSR count). The number of benzene rings is 2. The van der Waals surface area contributed by atoms with Crippen molar-refractivity contribution in [2.45, 2.75) is 51.1 Å². The monoisotopic (exact) mass is 571 g/mol.